The van der Waals surface area contributed by atoms with Crippen LogP contribution < -0.4 is 5.32 Å². The Morgan fingerprint density at radius 3 is 2.81 bits per heavy atom. The fraction of sp³-hybridized carbons (Fsp3) is 0.571. The quantitative estimate of drug-likeness (QED) is 0.853. The summed E-state index contributed by atoms with van der Waals surface area (Å²) in [5, 5.41) is 3.49. The molecule has 0 spiro atoms. The molecule has 0 radical (unpaired) electrons. The van der Waals surface area contributed by atoms with Gasteiger partial charge >= 0.3 is 0 Å². The van der Waals surface area contributed by atoms with Gasteiger partial charge in [0, 0.05) is 0 Å². The molecule has 1 atom stereocenters. The molecule has 1 unspecified atom stereocenters. The second-order valence-electron chi connectivity index (χ2n) is 4.68. The predicted molar refractivity (Wildman–Crippen MR) is 72.3 cm³/mol. The Hall–Kier alpha value is -0.530. The van der Waals surface area contributed by atoms with Crippen molar-refractivity contribution in [3.05, 3.63) is 35.4 Å². The molecule has 1 aromatic carbocycles. The summed E-state index contributed by atoms with van der Waals surface area (Å²) in [5.74, 6) is 0.901. The maximum Gasteiger partial charge on any atom is -0.00204 e. The summed E-state index contributed by atoms with van der Waals surface area (Å²) >= 11 is 0. The number of nitrogens with one attached hydrogen (secondary N) is 1. The van der Waals surface area contributed by atoms with E-state index in [9.17, 15) is 0 Å². The van der Waals surface area contributed by atoms with E-state index in [2.05, 4.69) is 36.5 Å². The van der Waals surface area contributed by atoms with Crippen molar-refractivity contribution in [1.29, 1.82) is 0 Å². The number of benzene rings is 1. The first kappa shape index (κ1) is 13.5. The third kappa shape index (κ3) is 3.80. The van der Waals surface area contributed by atoms with E-state index in [1.54, 1.807) is 0 Å². The summed E-state index contributed by atoms with van der Waals surface area (Å²) in [4.78, 5) is 0. The van der Waals surface area contributed by atoms with E-state index in [4.69, 9.17) is 0 Å². The van der Waals surface area contributed by atoms with Gasteiger partial charge in [0.15, 0.2) is 0 Å². The van der Waals surface area contributed by atoms with Gasteiger partial charge in [0.05, 0.1) is 0 Å². The van der Waals surface area contributed by atoms with Crippen molar-refractivity contribution in [1.82, 2.24) is 5.32 Å². The van der Waals surface area contributed by atoms with Crippen LogP contribution in [-0.4, -0.2) is 13.1 Å². The van der Waals surface area contributed by atoms with Gasteiger partial charge in [0.25, 0.3) is 0 Å². The lowest BCUT2D eigenvalue weighted by Crippen LogP contribution is -2.29. The topological polar surface area (TPSA) is 12.0 Å². The summed E-state index contributed by atoms with van der Waals surface area (Å²) in [6.45, 7) is 4.67. The molecule has 0 saturated carbocycles. The van der Waals surface area contributed by atoms with Crippen molar-refractivity contribution < 1.29 is 0 Å². The zero-order valence-corrected chi connectivity index (χ0v) is 10.9. The lowest BCUT2D eigenvalue weighted by atomic mass is 9.92. The first-order valence-corrected chi connectivity index (χ1v) is 6.11. The second kappa shape index (κ2) is 6.93. The van der Waals surface area contributed by atoms with Crippen LogP contribution in [0.25, 0.3) is 0 Å². The van der Waals surface area contributed by atoms with Gasteiger partial charge in [-0.15, -0.1) is 12.4 Å². The van der Waals surface area contributed by atoms with E-state index < -0.39 is 0 Å². The molecule has 0 aromatic heterocycles. The molecule has 1 aliphatic heterocycles. The molecule has 1 aromatic rings. The van der Waals surface area contributed by atoms with Gasteiger partial charge in [-0.1, -0.05) is 24.3 Å². The van der Waals surface area contributed by atoms with Crippen LogP contribution in [0.3, 0.4) is 0 Å². The largest absolute Gasteiger partial charge is 0.316 e. The number of hydrogen-bond acceptors (Lipinski definition) is 1. The fourth-order valence-electron chi connectivity index (χ4n) is 2.42. The van der Waals surface area contributed by atoms with E-state index in [0.29, 0.717) is 0 Å². The molecule has 2 rings (SSSR count). The van der Waals surface area contributed by atoms with Crippen LogP contribution in [0.2, 0.25) is 0 Å². The van der Waals surface area contributed by atoms with E-state index in [0.717, 1.165) is 5.92 Å². The smallest absolute Gasteiger partial charge is 0.00204 e. The van der Waals surface area contributed by atoms with Gasteiger partial charge < -0.3 is 5.32 Å². The average Bonchev–Trinajstić information content (AvgIpc) is 2.29. The SMILES string of the molecule is Cc1ccccc1CCC1CCCNC1.Cl. The minimum Gasteiger partial charge on any atom is -0.316 e. The van der Waals surface area contributed by atoms with Gasteiger partial charge in [-0.3, -0.25) is 0 Å². The molecule has 2 heteroatoms. The monoisotopic (exact) mass is 239 g/mol. The van der Waals surface area contributed by atoms with Crippen LogP contribution in [0.1, 0.15) is 30.4 Å². The Labute approximate surface area is 105 Å². The van der Waals surface area contributed by atoms with Crippen molar-refractivity contribution >= 4 is 12.4 Å². The summed E-state index contributed by atoms with van der Waals surface area (Å²) in [6.07, 6.45) is 5.37. The lowest BCUT2D eigenvalue weighted by Gasteiger charge is -2.22. The Kier molecular flexibility index (Phi) is 5.86. The maximum atomic E-state index is 3.49. The van der Waals surface area contributed by atoms with E-state index in [1.165, 1.54) is 49.9 Å². The van der Waals surface area contributed by atoms with Gasteiger partial charge in [-0.05, 0) is 62.7 Å². The first-order chi connectivity index (χ1) is 7.36. The number of aryl methyl sites for hydroxylation is 2. The van der Waals surface area contributed by atoms with E-state index in [-0.39, 0.29) is 12.4 Å². The Morgan fingerprint density at radius 1 is 1.31 bits per heavy atom. The molecule has 1 nitrogen and oxygen atoms in total. The zero-order valence-electron chi connectivity index (χ0n) is 10.0. The molecule has 1 fully saturated rings. The highest BCUT2D eigenvalue weighted by Gasteiger charge is 2.12. The van der Waals surface area contributed by atoms with Crippen LogP contribution in [0.4, 0.5) is 0 Å². The zero-order chi connectivity index (χ0) is 10.5. The molecule has 1 saturated heterocycles. The van der Waals surface area contributed by atoms with Crippen molar-refractivity contribution in [3.63, 3.8) is 0 Å². The standard InChI is InChI=1S/C14H21N.ClH/c1-12-5-2-3-7-14(12)9-8-13-6-4-10-15-11-13;/h2-3,5,7,13,15H,4,6,8-11H2,1H3;1H. The molecule has 16 heavy (non-hydrogen) atoms. The summed E-state index contributed by atoms with van der Waals surface area (Å²) < 4.78 is 0. The lowest BCUT2D eigenvalue weighted by molar-refractivity contribution is 0.358. The number of hydrogen-bond donors (Lipinski definition) is 1. The molecule has 0 aliphatic carbocycles. The van der Waals surface area contributed by atoms with Crippen LogP contribution >= 0.6 is 12.4 Å². The van der Waals surface area contributed by atoms with Crippen molar-refractivity contribution in [2.24, 2.45) is 5.92 Å². The molecule has 1 aliphatic rings. The van der Waals surface area contributed by atoms with Crippen LogP contribution in [-0.2, 0) is 6.42 Å². The molecular formula is C14H22ClN. The van der Waals surface area contributed by atoms with Gasteiger partial charge in [-0.25, -0.2) is 0 Å². The van der Waals surface area contributed by atoms with Gasteiger partial charge in [0.1, 0.15) is 0 Å². The predicted octanol–water partition coefficient (Wildman–Crippen LogP) is 3.35. The highest BCUT2D eigenvalue weighted by Crippen LogP contribution is 2.18. The van der Waals surface area contributed by atoms with Crippen LogP contribution in [0.15, 0.2) is 24.3 Å². The highest BCUT2D eigenvalue weighted by atomic mass is 35.5. The first-order valence-electron chi connectivity index (χ1n) is 6.11. The minimum atomic E-state index is 0. The molecule has 1 N–H and O–H groups in total. The molecule has 1 heterocycles. The summed E-state index contributed by atoms with van der Waals surface area (Å²) in [6, 6.07) is 8.77. The van der Waals surface area contributed by atoms with Crippen molar-refractivity contribution in [3.8, 4) is 0 Å². The van der Waals surface area contributed by atoms with Gasteiger partial charge in [-0.2, -0.15) is 0 Å². The Bertz CT molecular complexity index is 305. The normalized spacial score (nSPS) is 20.2. The number of halogens is 1. The van der Waals surface area contributed by atoms with E-state index >= 15 is 0 Å². The number of piperidine rings is 1. The Balaban J connectivity index is 0.00000128. The average molecular weight is 240 g/mol. The number of rotatable bonds is 3. The molecule has 0 bridgehead atoms. The van der Waals surface area contributed by atoms with E-state index in [1.807, 2.05) is 0 Å². The molecule has 0 amide bonds. The maximum absolute atomic E-state index is 3.49. The van der Waals surface area contributed by atoms with Crippen molar-refractivity contribution in [2.75, 3.05) is 13.1 Å². The molecule has 90 valence electrons. The molecular weight excluding hydrogens is 218 g/mol. The highest BCUT2D eigenvalue weighted by molar-refractivity contribution is 5.85. The van der Waals surface area contributed by atoms with Crippen molar-refractivity contribution in [2.45, 2.75) is 32.6 Å². The third-order valence-electron chi connectivity index (χ3n) is 3.48. The second-order valence-corrected chi connectivity index (χ2v) is 4.68. The third-order valence-corrected chi connectivity index (χ3v) is 3.48. The van der Waals surface area contributed by atoms with Gasteiger partial charge in [0.2, 0.25) is 0 Å². The summed E-state index contributed by atoms with van der Waals surface area (Å²) in [5.41, 5.74) is 2.98. The fourth-order valence-corrected chi connectivity index (χ4v) is 2.42. The van der Waals surface area contributed by atoms with Crippen LogP contribution in [0, 0.1) is 12.8 Å². The summed E-state index contributed by atoms with van der Waals surface area (Å²) in [7, 11) is 0. The van der Waals surface area contributed by atoms with Crippen LogP contribution in [0.5, 0.6) is 0 Å². The Morgan fingerprint density at radius 2 is 2.12 bits per heavy atom. The minimum absolute atomic E-state index is 0.